The zero-order valence-electron chi connectivity index (χ0n) is 11.2. The SMILES string of the molecule is Cc1cccc(C(=O)NCc2ccc3nc[nH]c3c2)c1. The monoisotopic (exact) mass is 265 g/mol. The molecular formula is C16H15N3O. The molecule has 0 spiro atoms. The van der Waals surface area contributed by atoms with Crippen molar-refractivity contribution in [2.24, 2.45) is 0 Å². The lowest BCUT2D eigenvalue weighted by Crippen LogP contribution is -2.22. The van der Waals surface area contributed by atoms with Gasteiger partial charge in [-0.25, -0.2) is 4.98 Å². The number of rotatable bonds is 3. The Hall–Kier alpha value is -2.62. The van der Waals surface area contributed by atoms with E-state index in [4.69, 9.17) is 0 Å². The summed E-state index contributed by atoms with van der Waals surface area (Å²) in [6.45, 7) is 2.48. The first-order valence-corrected chi connectivity index (χ1v) is 6.49. The van der Waals surface area contributed by atoms with Gasteiger partial charge in [0, 0.05) is 12.1 Å². The van der Waals surface area contributed by atoms with Crippen molar-refractivity contribution in [2.45, 2.75) is 13.5 Å². The Labute approximate surface area is 116 Å². The van der Waals surface area contributed by atoms with Gasteiger partial charge >= 0.3 is 0 Å². The van der Waals surface area contributed by atoms with Gasteiger partial charge in [0.1, 0.15) is 0 Å². The lowest BCUT2D eigenvalue weighted by molar-refractivity contribution is 0.0951. The van der Waals surface area contributed by atoms with Crippen LogP contribution >= 0.6 is 0 Å². The van der Waals surface area contributed by atoms with Crippen molar-refractivity contribution >= 4 is 16.9 Å². The third kappa shape index (κ3) is 2.54. The molecule has 3 rings (SSSR count). The second-order valence-electron chi connectivity index (χ2n) is 4.81. The number of imidazole rings is 1. The van der Waals surface area contributed by atoms with Crippen LogP contribution in [0.2, 0.25) is 0 Å². The summed E-state index contributed by atoms with van der Waals surface area (Å²) in [6, 6.07) is 13.5. The largest absolute Gasteiger partial charge is 0.348 e. The molecule has 1 amide bonds. The Bertz CT molecular complexity index is 761. The van der Waals surface area contributed by atoms with Crippen LogP contribution in [0.15, 0.2) is 48.8 Å². The molecule has 0 radical (unpaired) electrons. The highest BCUT2D eigenvalue weighted by atomic mass is 16.1. The van der Waals surface area contributed by atoms with E-state index in [0.717, 1.165) is 22.2 Å². The second-order valence-corrected chi connectivity index (χ2v) is 4.81. The van der Waals surface area contributed by atoms with E-state index in [-0.39, 0.29) is 5.91 Å². The molecule has 0 bridgehead atoms. The maximum Gasteiger partial charge on any atom is 0.251 e. The zero-order chi connectivity index (χ0) is 13.9. The third-order valence-corrected chi connectivity index (χ3v) is 3.22. The number of H-pyrrole nitrogens is 1. The van der Waals surface area contributed by atoms with Crippen LogP contribution in [-0.4, -0.2) is 15.9 Å². The van der Waals surface area contributed by atoms with Crippen molar-refractivity contribution in [1.29, 1.82) is 0 Å². The molecule has 1 aromatic heterocycles. The summed E-state index contributed by atoms with van der Waals surface area (Å²) < 4.78 is 0. The molecule has 20 heavy (non-hydrogen) atoms. The Kier molecular flexibility index (Phi) is 3.21. The number of hydrogen-bond donors (Lipinski definition) is 2. The molecule has 3 aromatic rings. The molecule has 2 N–H and O–H groups in total. The van der Waals surface area contributed by atoms with Gasteiger partial charge in [0.25, 0.3) is 5.91 Å². The fourth-order valence-corrected chi connectivity index (χ4v) is 2.16. The fourth-order valence-electron chi connectivity index (χ4n) is 2.16. The minimum Gasteiger partial charge on any atom is -0.348 e. The Morgan fingerprint density at radius 2 is 2.15 bits per heavy atom. The van der Waals surface area contributed by atoms with Gasteiger partial charge in [-0.2, -0.15) is 0 Å². The standard InChI is InChI=1S/C16H15N3O/c1-11-3-2-4-13(7-11)16(20)17-9-12-5-6-14-15(8-12)19-10-18-14/h2-8,10H,9H2,1H3,(H,17,20)(H,18,19). The van der Waals surface area contributed by atoms with E-state index in [2.05, 4.69) is 15.3 Å². The van der Waals surface area contributed by atoms with E-state index < -0.39 is 0 Å². The van der Waals surface area contributed by atoms with Gasteiger partial charge < -0.3 is 10.3 Å². The normalized spacial score (nSPS) is 10.7. The van der Waals surface area contributed by atoms with Crippen LogP contribution in [-0.2, 0) is 6.54 Å². The van der Waals surface area contributed by atoms with Gasteiger partial charge in [-0.3, -0.25) is 4.79 Å². The quantitative estimate of drug-likeness (QED) is 0.765. The number of carbonyl (C=O) groups is 1. The number of nitrogens with one attached hydrogen (secondary N) is 2. The first-order valence-electron chi connectivity index (χ1n) is 6.49. The Morgan fingerprint density at radius 3 is 3.00 bits per heavy atom. The molecule has 100 valence electrons. The second kappa shape index (κ2) is 5.17. The number of nitrogens with zero attached hydrogens (tertiary/aromatic N) is 1. The first kappa shape index (κ1) is 12.4. The molecule has 1 heterocycles. The molecule has 0 fully saturated rings. The molecule has 0 aliphatic heterocycles. The van der Waals surface area contributed by atoms with E-state index in [0.29, 0.717) is 12.1 Å². The summed E-state index contributed by atoms with van der Waals surface area (Å²) in [6.07, 6.45) is 1.67. The zero-order valence-corrected chi connectivity index (χ0v) is 11.2. The lowest BCUT2D eigenvalue weighted by Gasteiger charge is -2.06. The Morgan fingerprint density at radius 1 is 1.25 bits per heavy atom. The lowest BCUT2D eigenvalue weighted by atomic mass is 10.1. The number of aryl methyl sites for hydroxylation is 1. The maximum atomic E-state index is 12.1. The highest BCUT2D eigenvalue weighted by Gasteiger charge is 2.05. The maximum absolute atomic E-state index is 12.1. The summed E-state index contributed by atoms with van der Waals surface area (Å²) in [5, 5.41) is 2.93. The van der Waals surface area contributed by atoms with E-state index in [9.17, 15) is 4.79 Å². The smallest absolute Gasteiger partial charge is 0.251 e. The number of fused-ring (bicyclic) bond motifs is 1. The van der Waals surface area contributed by atoms with Gasteiger partial charge in [-0.05, 0) is 36.8 Å². The van der Waals surface area contributed by atoms with Gasteiger partial charge in [0.15, 0.2) is 0 Å². The van der Waals surface area contributed by atoms with Gasteiger partial charge in [-0.15, -0.1) is 0 Å². The molecule has 2 aromatic carbocycles. The van der Waals surface area contributed by atoms with Gasteiger partial charge in [0.05, 0.1) is 17.4 Å². The van der Waals surface area contributed by atoms with Crippen LogP contribution in [0.4, 0.5) is 0 Å². The van der Waals surface area contributed by atoms with Crippen molar-refractivity contribution in [3.63, 3.8) is 0 Å². The van der Waals surface area contributed by atoms with Gasteiger partial charge in [0.2, 0.25) is 0 Å². The number of benzene rings is 2. The van der Waals surface area contributed by atoms with Crippen molar-refractivity contribution in [3.05, 3.63) is 65.5 Å². The van der Waals surface area contributed by atoms with Crippen molar-refractivity contribution in [1.82, 2.24) is 15.3 Å². The highest BCUT2D eigenvalue weighted by molar-refractivity contribution is 5.94. The summed E-state index contributed by atoms with van der Waals surface area (Å²) >= 11 is 0. The molecule has 0 aliphatic rings. The predicted octanol–water partition coefficient (Wildman–Crippen LogP) is 2.80. The van der Waals surface area contributed by atoms with Crippen LogP contribution < -0.4 is 5.32 Å². The number of hydrogen-bond acceptors (Lipinski definition) is 2. The van der Waals surface area contributed by atoms with E-state index in [1.165, 1.54) is 0 Å². The molecular weight excluding hydrogens is 250 g/mol. The van der Waals surface area contributed by atoms with Gasteiger partial charge in [-0.1, -0.05) is 23.8 Å². The van der Waals surface area contributed by atoms with E-state index >= 15 is 0 Å². The predicted molar refractivity (Wildman–Crippen MR) is 78.4 cm³/mol. The summed E-state index contributed by atoms with van der Waals surface area (Å²) in [5.41, 5.74) is 4.72. The molecule has 0 unspecified atom stereocenters. The molecule has 0 saturated heterocycles. The molecule has 0 aliphatic carbocycles. The van der Waals surface area contributed by atoms with Crippen molar-refractivity contribution in [2.75, 3.05) is 0 Å². The molecule has 0 saturated carbocycles. The topological polar surface area (TPSA) is 57.8 Å². The number of aromatic nitrogens is 2. The fraction of sp³-hybridized carbons (Fsp3) is 0.125. The van der Waals surface area contributed by atoms with Crippen molar-refractivity contribution < 1.29 is 4.79 Å². The van der Waals surface area contributed by atoms with Crippen LogP contribution in [0.3, 0.4) is 0 Å². The number of aromatic amines is 1. The summed E-state index contributed by atoms with van der Waals surface area (Å²) in [5.74, 6) is -0.0570. The summed E-state index contributed by atoms with van der Waals surface area (Å²) in [7, 11) is 0. The van der Waals surface area contributed by atoms with Crippen LogP contribution in [0, 0.1) is 6.92 Å². The van der Waals surface area contributed by atoms with E-state index in [1.54, 1.807) is 6.33 Å². The highest BCUT2D eigenvalue weighted by Crippen LogP contribution is 2.11. The van der Waals surface area contributed by atoms with Crippen molar-refractivity contribution in [3.8, 4) is 0 Å². The minimum atomic E-state index is -0.0570. The molecule has 4 heteroatoms. The van der Waals surface area contributed by atoms with E-state index in [1.807, 2.05) is 49.4 Å². The van der Waals surface area contributed by atoms with Crippen LogP contribution in [0.5, 0.6) is 0 Å². The summed E-state index contributed by atoms with van der Waals surface area (Å²) in [4.78, 5) is 19.3. The molecule has 0 atom stereocenters. The number of amides is 1. The van der Waals surface area contributed by atoms with Crippen LogP contribution in [0.25, 0.3) is 11.0 Å². The molecule has 4 nitrogen and oxygen atoms in total. The minimum absolute atomic E-state index is 0.0570. The average molecular weight is 265 g/mol. The first-order chi connectivity index (χ1) is 9.72. The average Bonchev–Trinajstić information content (AvgIpc) is 2.92. The third-order valence-electron chi connectivity index (χ3n) is 3.22. The Balaban J connectivity index is 1.71. The van der Waals surface area contributed by atoms with Crippen LogP contribution in [0.1, 0.15) is 21.5 Å². The number of carbonyl (C=O) groups excluding carboxylic acids is 1.